The summed E-state index contributed by atoms with van der Waals surface area (Å²) in [4.78, 5) is 0. The Morgan fingerprint density at radius 2 is 1.13 bits per heavy atom. The lowest BCUT2D eigenvalue weighted by atomic mass is 10.1. The first-order chi connectivity index (χ1) is 14.9. The van der Waals surface area contributed by atoms with Gasteiger partial charge < -0.3 is 14.2 Å². The van der Waals surface area contributed by atoms with Crippen LogP contribution in [0.3, 0.4) is 0 Å². The largest absolute Gasteiger partial charge is 0.376 e. The van der Waals surface area contributed by atoms with Crippen LogP contribution in [0.1, 0.15) is 16.7 Å². The van der Waals surface area contributed by atoms with E-state index >= 15 is 0 Å². The van der Waals surface area contributed by atoms with E-state index in [4.69, 9.17) is 14.2 Å². The maximum atomic E-state index is 6.38. The van der Waals surface area contributed by atoms with Crippen molar-refractivity contribution in [3.8, 4) is 0 Å². The van der Waals surface area contributed by atoms with E-state index in [1.165, 1.54) is 16.7 Å². The van der Waals surface area contributed by atoms with Gasteiger partial charge in [0.1, 0.15) is 0 Å². The van der Waals surface area contributed by atoms with Gasteiger partial charge in [-0.3, -0.25) is 0 Å². The minimum absolute atomic E-state index is 0.00897. The highest BCUT2D eigenvalue weighted by Crippen LogP contribution is 2.33. The molecule has 30 heavy (non-hydrogen) atoms. The van der Waals surface area contributed by atoms with E-state index in [0.717, 1.165) is 5.75 Å². The van der Waals surface area contributed by atoms with Crippen LogP contribution in [0.5, 0.6) is 0 Å². The Bertz CT molecular complexity index is 857. The third-order valence-corrected chi connectivity index (χ3v) is 6.55. The van der Waals surface area contributed by atoms with E-state index in [-0.39, 0.29) is 17.5 Å². The van der Waals surface area contributed by atoms with E-state index in [1.807, 2.05) is 66.4 Å². The zero-order valence-corrected chi connectivity index (χ0v) is 17.9. The molecule has 0 radical (unpaired) electrons. The summed E-state index contributed by atoms with van der Waals surface area (Å²) in [6.07, 6.45) is 0.0685. The van der Waals surface area contributed by atoms with Gasteiger partial charge in [-0.15, -0.1) is 0 Å². The molecule has 3 aromatic rings. The molecule has 156 valence electrons. The molecule has 0 aliphatic carbocycles. The number of hydrogen-bond acceptors (Lipinski definition) is 4. The van der Waals surface area contributed by atoms with Crippen LogP contribution in [0, 0.1) is 0 Å². The maximum absolute atomic E-state index is 6.38. The molecule has 0 unspecified atom stereocenters. The van der Waals surface area contributed by atoms with Crippen LogP contribution in [0.2, 0.25) is 0 Å². The molecule has 1 aliphatic heterocycles. The Balaban J connectivity index is 1.35. The van der Waals surface area contributed by atoms with Crippen molar-refractivity contribution in [3.63, 3.8) is 0 Å². The molecule has 0 aromatic heterocycles. The minimum atomic E-state index is 0.00897. The zero-order chi connectivity index (χ0) is 20.4. The Hall–Kier alpha value is -2.11. The van der Waals surface area contributed by atoms with Crippen molar-refractivity contribution in [3.05, 3.63) is 108 Å². The fourth-order valence-electron chi connectivity index (χ4n) is 3.56. The van der Waals surface area contributed by atoms with E-state index in [0.29, 0.717) is 26.4 Å². The fraction of sp³-hybridized carbons (Fsp3) is 0.308. The second kappa shape index (κ2) is 11.3. The number of benzene rings is 3. The molecular weight excluding hydrogens is 392 g/mol. The highest BCUT2D eigenvalue weighted by Gasteiger charge is 2.38. The van der Waals surface area contributed by atoms with Crippen LogP contribution < -0.4 is 0 Å². The highest BCUT2D eigenvalue weighted by molar-refractivity contribution is 8.00. The summed E-state index contributed by atoms with van der Waals surface area (Å²) in [5.41, 5.74) is 3.56. The normalized spacial score (nSPS) is 21.0. The third-order valence-electron chi connectivity index (χ3n) is 5.19. The van der Waals surface area contributed by atoms with Gasteiger partial charge in [0.25, 0.3) is 0 Å². The van der Waals surface area contributed by atoms with Crippen molar-refractivity contribution in [1.29, 1.82) is 0 Å². The zero-order valence-electron chi connectivity index (χ0n) is 17.1. The van der Waals surface area contributed by atoms with E-state index < -0.39 is 0 Å². The molecule has 0 N–H and O–H groups in total. The van der Waals surface area contributed by atoms with Gasteiger partial charge in [-0.1, -0.05) is 91.0 Å². The van der Waals surface area contributed by atoms with Gasteiger partial charge in [0.05, 0.1) is 43.9 Å². The lowest BCUT2D eigenvalue weighted by Gasteiger charge is -2.25. The number of rotatable bonds is 10. The molecule has 1 fully saturated rings. The maximum Gasteiger partial charge on any atom is 0.0990 e. The molecule has 4 heteroatoms. The van der Waals surface area contributed by atoms with Crippen LogP contribution in [0.4, 0.5) is 0 Å². The summed E-state index contributed by atoms with van der Waals surface area (Å²) >= 11 is 1.89. The lowest BCUT2D eigenvalue weighted by molar-refractivity contribution is -0.0768. The van der Waals surface area contributed by atoms with E-state index in [2.05, 4.69) is 36.4 Å². The first-order valence-corrected chi connectivity index (χ1v) is 11.5. The third kappa shape index (κ3) is 6.19. The van der Waals surface area contributed by atoms with Crippen LogP contribution >= 0.6 is 11.8 Å². The molecule has 0 amide bonds. The fourth-order valence-corrected chi connectivity index (χ4v) is 4.92. The molecule has 1 aliphatic rings. The number of thioether (sulfide) groups is 1. The standard InChI is InChI=1S/C26H28O3S/c1-4-10-21(11-5-1)16-27-19-25-26(29-18-23-14-8-3-9-15-23)24(20-30-25)28-17-22-12-6-2-7-13-22/h1-15,24-26H,16-20H2/t24-,25-,26-/m1/s1. The van der Waals surface area contributed by atoms with Gasteiger partial charge >= 0.3 is 0 Å². The highest BCUT2D eigenvalue weighted by atomic mass is 32.2. The average molecular weight is 421 g/mol. The van der Waals surface area contributed by atoms with Gasteiger partial charge in [-0.2, -0.15) is 11.8 Å². The molecule has 0 spiro atoms. The van der Waals surface area contributed by atoms with Crippen molar-refractivity contribution >= 4 is 11.8 Å². The van der Waals surface area contributed by atoms with Crippen molar-refractivity contribution in [1.82, 2.24) is 0 Å². The van der Waals surface area contributed by atoms with Gasteiger partial charge in [-0.05, 0) is 16.7 Å². The van der Waals surface area contributed by atoms with E-state index in [1.54, 1.807) is 0 Å². The van der Waals surface area contributed by atoms with Crippen LogP contribution in [-0.4, -0.2) is 29.8 Å². The molecule has 3 aromatic carbocycles. The lowest BCUT2D eigenvalue weighted by Crippen LogP contribution is -2.36. The molecule has 1 saturated heterocycles. The summed E-state index contributed by atoms with van der Waals surface area (Å²) < 4.78 is 18.7. The summed E-state index contributed by atoms with van der Waals surface area (Å²) in [5.74, 6) is 0.922. The van der Waals surface area contributed by atoms with Crippen LogP contribution in [0.25, 0.3) is 0 Å². The molecule has 4 rings (SSSR count). The summed E-state index contributed by atoms with van der Waals surface area (Å²) in [6.45, 7) is 2.48. The number of ether oxygens (including phenoxy) is 3. The average Bonchev–Trinajstić information content (AvgIpc) is 3.20. The summed E-state index contributed by atoms with van der Waals surface area (Å²) in [6, 6.07) is 30.9. The van der Waals surface area contributed by atoms with Gasteiger partial charge in [0, 0.05) is 5.75 Å². The molecule has 3 atom stereocenters. The van der Waals surface area contributed by atoms with E-state index in [9.17, 15) is 0 Å². The Morgan fingerprint density at radius 3 is 1.70 bits per heavy atom. The van der Waals surface area contributed by atoms with Gasteiger partial charge in [0.2, 0.25) is 0 Å². The Kier molecular flexibility index (Phi) is 7.98. The Labute approximate surface area is 183 Å². The molecule has 0 bridgehead atoms. The van der Waals surface area contributed by atoms with Crippen LogP contribution in [0.15, 0.2) is 91.0 Å². The molecule has 1 heterocycles. The second-order valence-corrected chi connectivity index (χ2v) is 8.74. The number of hydrogen-bond donors (Lipinski definition) is 0. The van der Waals surface area contributed by atoms with Crippen LogP contribution in [-0.2, 0) is 34.0 Å². The van der Waals surface area contributed by atoms with Gasteiger partial charge in [-0.25, -0.2) is 0 Å². The predicted octanol–water partition coefficient (Wildman–Crippen LogP) is 5.49. The van der Waals surface area contributed by atoms with Crippen molar-refractivity contribution in [2.45, 2.75) is 37.3 Å². The summed E-state index contributed by atoms with van der Waals surface area (Å²) in [7, 11) is 0. The SMILES string of the molecule is c1ccc(COC[C@H]2SC[C@@H](OCc3ccccc3)[C@H]2OCc2ccccc2)cc1. The van der Waals surface area contributed by atoms with Crippen molar-refractivity contribution in [2.75, 3.05) is 12.4 Å². The topological polar surface area (TPSA) is 27.7 Å². The monoisotopic (exact) mass is 420 g/mol. The Morgan fingerprint density at radius 1 is 0.633 bits per heavy atom. The molecular formula is C26H28O3S. The smallest absolute Gasteiger partial charge is 0.0990 e. The first-order valence-electron chi connectivity index (χ1n) is 10.4. The van der Waals surface area contributed by atoms with Gasteiger partial charge in [0.15, 0.2) is 0 Å². The first kappa shape index (κ1) is 21.1. The molecule has 3 nitrogen and oxygen atoms in total. The second-order valence-electron chi connectivity index (χ2n) is 7.47. The molecule has 0 saturated carbocycles. The minimum Gasteiger partial charge on any atom is -0.376 e. The predicted molar refractivity (Wildman–Crippen MR) is 122 cm³/mol. The summed E-state index contributed by atoms with van der Waals surface area (Å²) in [5, 5.41) is 0.262. The van der Waals surface area contributed by atoms with Crippen molar-refractivity contribution in [2.24, 2.45) is 0 Å². The quantitative estimate of drug-likeness (QED) is 0.433. The van der Waals surface area contributed by atoms with Crippen molar-refractivity contribution < 1.29 is 14.2 Å².